The normalized spacial score (nSPS) is 12.1. The number of aromatic nitrogens is 2. The second kappa shape index (κ2) is 10.8. The summed E-state index contributed by atoms with van der Waals surface area (Å²) < 4.78 is 9.44. The smallest absolute Gasteiger partial charge is 0.319 e. The Labute approximate surface area is 232 Å². The number of hydrogen-bond donors (Lipinski definition) is 0. The molecule has 0 unspecified atom stereocenters. The minimum absolute atomic E-state index is 0.112. The second-order valence-corrected chi connectivity index (χ2v) is 15.5. The molecule has 0 aliphatic rings. The van der Waals surface area contributed by atoms with Crippen LogP contribution in [0.4, 0.5) is 0 Å². The highest BCUT2D eigenvalue weighted by Crippen LogP contribution is 2.40. The first-order valence-corrected chi connectivity index (χ1v) is 15.7. The third-order valence-corrected chi connectivity index (χ3v) is 12.6. The largest absolute Gasteiger partial charge is 0.534 e. The van der Waals surface area contributed by atoms with Gasteiger partial charge in [0.2, 0.25) is 0 Å². The van der Waals surface area contributed by atoms with Crippen molar-refractivity contribution in [1.29, 1.82) is 0 Å². The molecule has 1 aromatic heterocycles. The van der Waals surface area contributed by atoms with Gasteiger partial charge in [-0.15, -0.1) is 11.6 Å². The molecule has 0 aliphatic heterocycles. The first kappa shape index (κ1) is 26.3. The zero-order valence-corrected chi connectivity index (χ0v) is 24.4. The molecule has 0 spiro atoms. The molecule has 0 aliphatic carbocycles. The van der Waals surface area contributed by atoms with Crippen LogP contribution in [0.15, 0.2) is 103 Å². The van der Waals surface area contributed by atoms with Crippen LogP contribution in [0.3, 0.4) is 0 Å². The maximum atomic E-state index is 7.49. The van der Waals surface area contributed by atoms with E-state index in [0.717, 1.165) is 29.7 Å². The molecule has 0 amide bonds. The Morgan fingerprint density at radius 1 is 0.789 bits per heavy atom. The van der Waals surface area contributed by atoms with Crippen LogP contribution in [-0.4, -0.2) is 18.1 Å². The lowest BCUT2D eigenvalue weighted by molar-refractivity contribution is 0.512. The third kappa shape index (κ3) is 5.03. The van der Waals surface area contributed by atoms with Gasteiger partial charge in [0.15, 0.2) is 0 Å². The average molecular weight is 539 g/mol. The summed E-state index contributed by atoms with van der Waals surface area (Å²) in [7, 11) is -0.767. The van der Waals surface area contributed by atoms with E-state index >= 15 is 0 Å². The van der Waals surface area contributed by atoms with E-state index in [0.29, 0.717) is 5.88 Å². The van der Waals surface area contributed by atoms with Gasteiger partial charge >= 0.3 is 8.32 Å². The number of rotatable bonds is 8. The van der Waals surface area contributed by atoms with Gasteiger partial charge in [-0.1, -0.05) is 112 Å². The van der Waals surface area contributed by atoms with Crippen molar-refractivity contribution in [3.63, 3.8) is 0 Å². The van der Waals surface area contributed by atoms with Gasteiger partial charge in [0, 0.05) is 18.1 Å². The van der Waals surface area contributed by atoms with Crippen LogP contribution in [0.5, 0.6) is 5.75 Å². The van der Waals surface area contributed by atoms with E-state index < -0.39 is 8.32 Å². The van der Waals surface area contributed by atoms with Crippen molar-refractivity contribution >= 4 is 41.1 Å². The molecular formula is C33H35ClN2OSi. The summed E-state index contributed by atoms with van der Waals surface area (Å²) in [4.78, 5) is 0. The minimum atomic E-state index is -2.76. The molecule has 0 bridgehead atoms. The summed E-state index contributed by atoms with van der Waals surface area (Å²) in [5.41, 5.74) is 3.35. The van der Waals surface area contributed by atoms with Gasteiger partial charge in [0.1, 0.15) is 5.75 Å². The highest BCUT2D eigenvalue weighted by atomic mass is 35.5. The molecule has 38 heavy (non-hydrogen) atoms. The molecule has 0 fully saturated rings. The maximum Gasteiger partial charge on any atom is 0.319 e. The van der Waals surface area contributed by atoms with Crippen LogP contribution < -0.4 is 14.8 Å². The van der Waals surface area contributed by atoms with Gasteiger partial charge in [0.25, 0.3) is 0 Å². The molecule has 5 rings (SSSR count). The zero-order valence-electron chi connectivity index (χ0n) is 22.6. The molecule has 194 valence electrons. The van der Waals surface area contributed by atoms with E-state index in [1.807, 2.05) is 11.7 Å². The van der Waals surface area contributed by atoms with E-state index in [2.05, 4.69) is 129 Å². The van der Waals surface area contributed by atoms with Crippen molar-refractivity contribution in [1.82, 2.24) is 9.78 Å². The number of alkyl halides is 1. The maximum absolute atomic E-state index is 7.49. The lowest BCUT2D eigenvalue weighted by Gasteiger charge is -2.43. The molecule has 0 saturated heterocycles. The van der Waals surface area contributed by atoms with E-state index in [1.54, 1.807) is 0 Å². The quantitative estimate of drug-likeness (QED) is 0.156. The van der Waals surface area contributed by atoms with Crippen LogP contribution in [0.1, 0.15) is 37.7 Å². The Bertz CT molecular complexity index is 1480. The molecule has 0 atom stereocenters. The summed E-state index contributed by atoms with van der Waals surface area (Å²) in [5, 5.41) is 9.30. The van der Waals surface area contributed by atoms with Crippen LogP contribution >= 0.6 is 11.6 Å². The van der Waals surface area contributed by atoms with Crippen LogP contribution in [0, 0.1) is 0 Å². The predicted molar refractivity (Wildman–Crippen MR) is 162 cm³/mol. The molecule has 0 N–H and O–H groups in total. The highest BCUT2D eigenvalue weighted by Gasteiger charge is 2.52. The fraction of sp³-hybridized carbons (Fsp3) is 0.242. The fourth-order valence-corrected chi connectivity index (χ4v) is 10.1. The number of nitrogens with zero attached hydrogens (tertiary/aromatic N) is 2. The number of halogens is 1. The number of fused-ring (bicyclic) bond motifs is 1. The molecule has 3 nitrogen and oxygen atoms in total. The van der Waals surface area contributed by atoms with Crippen molar-refractivity contribution in [3.05, 3.63) is 120 Å². The lowest BCUT2D eigenvalue weighted by atomic mass is 10.0. The van der Waals surface area contributed by atoms with Gasteiger partial charge < -0.3 is 4.43 Å². The average Bonchev–Trinajstić information content (AvgIpc) is 3.30. The van der Waals surface area contributed by atoms with Crippen molar-refractivity contribution in [2.45, 2.75) is 44.5 Å². The van der Waals surface area contributed by atoms with E-state index in [9.17, 15) is 0 Å². The molecule has 0 saturated carbocycles. The fourth-order valence-electron chi connectivity index (χ4n) is 5.52. The summed E-state index contributed by atoms with van der Waals surface area (Å²) in [6.07, 6.45) is 1.78. The summed E-state index contributed by atoms with van der Waals surface area (Å²) in [5.74, 6) is 1.39. The molecule has 1 heterocycles. The number of hydrogen-bond acceptors (Lipinski definition) is 2. The standard InChI is InChI=1S/C33H35ClN2OSi/c1-33(2,3)38(29-14-7-5-8-15-29,30-16-9-6-10-17-30)37-32-22-25(21-26-13-11-12-18-31(26)32)19-20-28-23-27(24-34)35-36(28)4/h5-18,21-23H,19-20,24H2,1-4H3. The SMILES string of the molecule is Cn1nc(CCl)cc1CCc1cc(O[Si](c2ccccc2)(c2ccccc2)C(C)(C)C)c2ccccc2c1. The van der Waals surface area contributed by atoms with Crippen LogP contribution in [0.25, 0.3) is 10.8 Å². The van der Waals surface area contributed by atoms with Crippen LogP contribution in [-0.2, 0) is 25.8 Å². The monoisotopic (exact) mass is 538 g/mol. The first-order chi connectivity index (χ1) is 18.3. The van der Waals surface area contributed by atoms with E-state index in [1.165, 1.54) is 27.0 Å². The van der Waals surface area contributed by atoms with Gasteiger partial charge in [0.05, 0.1) is 11.6 Å². The molecule has 5 aromatic rings. The van der Waals surface area contributed by atoms with Crippen molar-refractivity contribution in [2.75, 3.05) is 0 Å². The highest BCUT2D eigenvalue weighted by molar-refractivity contribution is 7.00. The molecule has 0 radical (unpaired) electrons. The van der Waals surface area contributed by atoms with Crippen molar-refractivity contribution in [2.24, 2.45) is 7.05 Å². The molecular weight excluding hydrogens is 504 g/mol. The van der Waals surface area contributed by atoms with Crippen LogP contribution in [0.2, 0.25) is 5.04 Å². The number of benzene rings is 4. The Morgan fingerprint density at radius 3 is 1.97 bits per heavy atom. The van der Waals surface area contributed by atoms with E-state index in [4.69, 9.17) is 16.0 Å². The summed E-state index contributed by atoms with van der Waals surface area (Å²) in [6, 6.07) is 36.9. The topological polar surface area (TPSA) is 27.1 Å². The van der Waals surface area contributed by atoms with Gasteiger partial charge in [-0.3, -0.25) is 4.68 Å². The zero-order chi connectivity index (χ0) is 26.8. The Hall–Kier alpha value is -3.34. The van der Waals surface area contributed by atoms with Crippen molar-refractivity contribution < 1.29 is 4.43 Å². The first-order valence-electron chi connectivity index (χ1n) is 13.2. The summed E-state index contributed by atoms with van der Waals surface area (Å²) >= 11 is 6.03. The lowest BCUT2D eigenvalue weighted by Crippen LogP contribution is -2.68. The summed E-state index contributed by atoms with van der Waals surface area (Å²) in [6.45, 7) is 6.96. The minimum Gasteiger partial charge on any atom is -0.534 e. The van der Waals surface area contributed by atoms with Gasteiger partial charge in [-0.2, -0.15) is 5.10 Å². The van der Waals surface area contributed by atoms with Gasteiger partial charge in [-0.25, -0.2) is 0 Å². The Kier molecular flexibility index (Phi) is 7.46. The Balaban J connectivity index is 1.64. The molecule has 4 aromatic carbocycles. The second-order valence-electron chi connectivity index (χ2n) is 11.0. The predicted octanol–water partition coefficient (Wildman–Crippen LogP) is 7.04. The molecule has 5 heteroatoms. The third-order valence-electron chi connectivity index (χ3n) is 7.40. The van der Waals surface area contributed by atoms with E-state index in [-0.39, 0.29) is 5.04 Å². The van der Waals surface area contributed by atoms with Crippen molar-refractivity contribution in [3.8, 4) is 5.75 Å². The Morgan fingerprint density at radius 2 is 1.39 bits per heavy atom. The number of aryl methyl sites for hydroxylation is 3. The van der Waals surface area contributed by atoms with Gasteiger partial charge in [-0.05, 0) is 51.3 Å².